The van der Waals surface area contributed by atoms with Crippen molar-refractivity contribution in [2.24, 2.45) is 0 Å². The van der Waals surface area contributed by atoms with Crippen molar-refractivity contribution in [2.45, 2.75) is 26.8 Å². The summed E-state index contributed by atoms with van der Waals surface area (Å²) in [6, 6.07) is 14.9. The van der Waals surface area contributed by atoms with E-state index in [1.54, 1.807) is 16.7 Å². The van der Waals surface area contributed by atoms with Crippen LogP contribution in [0.15, 0.2) is 48.5 Å². The molecule has 0 radical (unpaired) electrons. The summed E-state index contributed by atoms with van der Waals surface area (Å²) in [6.07, 6.45) is 0. The van der Waals surface area contributed by atoms with E-state index in [9.17, 15) is 9.59 Å². The molecule has 2 amide bonds. The number of amides is 2. The van der Waals surface area contributed by atoms with Gasteiger partial charge in [0.2, 0.25) is 5.91 Å². The van der Waals surface area contributed by atoms with E-state index in [4.69, 9.17) is 0 Å². The van der Waals surface area contributed by atoms with Crippen molar-refractivity contribution in [1.29, 1.82) is 0 Å². The van der Waals surface area contributed by atoms with E-state index in [1.807, 2.05) is 62.4 Å². The molecule has 24 heavy (non-hydrogen) atoms. The fourth-order valence-corrected chi connectivity index (χ4v) is 3.06. The van der Waals surface area contributed by atoms with Gasteiger partial charge in [0, 0.05) is 24.3 Å². The van der Waals surface area contributed by atoms with E-state index in [0.717, 1.165) is 16.8 Å². The largest absolute Gasteiger partial charge is 0.325 e. The standard InChI is InChI=1S/C20H22N2O2/c1-14-7-9-17(10-8-14)20(24)21-11-12-22(19(23)16(21)3)18-6-4-5-15(2)13-18/h4-10,13,16H,11-12H2,1-3H3. The number of carbonyl (C=O) groups is 2. The van der Waals surface area contributed by atoms with Crippen LogP contribution in [0.2, 0.25) is 0 Å². The van der Waals surface area contributed by atoms with Gasteiger partial charge in [0.15, 0.2) is 0 Å². The fourth-order valence-electron chi connectivity index (χ4n) is 3.06. The van der Waals surface area contributed by atoms with Gasteiger partial charge in [0.1, 0.15) is 6.04 Å². The minimum absolute atomic E-state index is 0.0349. The maximum atomic E-state index is 12.8. The van der Waals surface area contributed by atoms with Gasteiger partial charge in [-0.25, -0.2) is 0 Å². The summed E-state index contributed by atoms with van der Waals surface area (Å²) in [5.74, 6) is -0.118. The molecule has 1 fully saturated rings. The number of benzene rings is 2. The van der Waals surface area contributed by atoms with Gasteiger partial charge in [-0.2, -0.15) is 0 Å². The molecule has 3 rings (SSSR count). The maximum absolute atomic E-state index is 12.8. The summed E-state index contributed by atoms with van der Waals surface area (Å²) in [7, 11) is 0. The highest BCUT2D eigenvalue weighted by atomic mass is 16.2. The molecule has 4 heteroatoms. The van der Waals surface area contributed by atoms with Crippen LogP contribution in [0, 0.1) is 13.8 Å². The van der Waals surface area contributed by atoms with E-state index >= 15 is 0 Å². The molecule has 0 bridgehead atoms. The molecule has 0 spiro atoms. The molecular weight excluding hydrogens is 300 g/mol. The fraction of sp³-hybridized carbons (Fsp3) is 0.300. The lowest BCUT2D eigenvalue weighted by Gasteiger charge is -2.39. The molecule has 0 saturated carbocycles. The Balaban J connectivity index is 1.79. The Morgan fingerprint density at radius 1 is 1.00 bits per heavy atom. The van der Waals surface area contributed by atoms with E-state index in [-0.39, 0.29) is 11.8 Å². The Morgan fingerprint density at radius 3 is 2.38 bits per heavy atom. The summed E-state index contributed by atoms with van der Waals surface area (Å²) in [5.41, 5.74) is 3.75. The van der Waals surface area contributed by atoms with Gasteiger partial charge in [0.25, 0.3) is 5.91 Å². The van der Waals surface area contributed by atoms with Gasteiger partial charge in [-0.05, 0) is 50.6 Å². The highest BCUT2D eigenvalue weighted by Crippen LogP contribution is 2.22. The normalized spacial score (nSPS) is 18.0. The van der Waals surface area contributed by atoms with Gasteiger partial charge in [0.05, 0.1) is 0 Å². The molecule has 124 valence electrons. The van der Waals surface area contributed by atoms with Crippen molar-refractivity contribution in [3.8, 4) is 0 Å². The van der Waals surface area contributed by atoms with Gasteiger partial charge >= 0.3 is 0 Å². The van der Waals surface area contributed by atoms with Crippen molar-refractivity contribution < 1.29 is 9.59 Å². The second kappa shape index (κ2) is 6.48. The van der Waals surface area contributed by atoms with Crippen LogP contribution in [-0.4, -0.2) is 35.8 Å². The highest BCUT2D eigenvalue weighted by Gasteiger charge is 2.35. The van der Waals surface area contributed by atoms with Gasteiger partial charge in [-0.3, -0.25) is 9.59 Å². The van der Waals surface area contributed by atoms with E-state index in [1.165, 1.54) is 0 Å². The number of hydrogen-bond acceptors (Lipinski definition) is 2. The molecule has 4 nitrogen and oxygen atoms in total. The summed E-state index contributed by atoms with van der Waals surface area (Å²) in [5, 5.41) is 0. The SMILES string of the molecule is Cc1ccc(C(=O)N2CCN(c3cccc(C)c3)C(=O)C2C)cc1. The van der Waals surface area contributed by atoms with Crippen molar-refractivity contribution in [3.05, 3.63) is 65.2 Å². The number of piperazine rings is 1. The molecule has 0 N–H and O–H groups in total. The van der Waals surface area contributed by atoms with E-state index < -0.39 is 6.04 Å². The van der Waals surface area contributed by atoms with E-state index in [0.29, 0.717) is 18.7 Å². The highest BCUT2D eigenvalue weighted by molar-refractivity contribution is 6.03. The molecule has 0 aliphatic carbocycles. The summed E-state index contributed by atoms with van der Waals surface area (Å²) in [6.45, 7) is 6.85. The second-order valence-corrected chi connectivity index (χ2v) is 6.37. The molecule has 1 heterocycles. The first-order valence-corrected chi connectivity index (χ1v) is 8.23. The van der Waals surface area contributed by atoms with Crippen LogP contribution in [0.4, 0.5) is 5.69 Å². The predicted molar refractivity (Wildman–Crippen MR) is 95.2 cm³/mol. The third-order valence-electron chi connectivity index (χ3n) is 4.53. The third kappa shape index (κ3) is 3.04. The number of rotatable bonds is 2. The number of aryl methyl sites for hydroxylation is 2. The van der Waals surface area contributed by atoms with Crippen molar-refractivity contribution in [2.75, 3.05) is 18.0 Å². The molecule has 2 aromatic rings. The molecule has 0 aromatic heterocycles. The average Bonchev–Trinajstić information content (AvgIpc) is 2.57. The number of carbonyl (C=O) groups excluding carboxylic acids is 2. The lowest BCUT2D eigenvalue weighted by molar-refractivity contribution is -0.124. The summed E-state index contributed by atoms with van der Waals surface area (Å²) < 4.78 is 0. The van der Waals surface area contributed by atoms with Crippen molar-refractivity contribution in [1.82, 2.24) is 4.90 Å². The van der Waals surface area contributed by atoms with Crippen molar-refractivity contribution in [3.63, 3.8) is 0 Å². The molecule has 1 aliphatic rings. The molecule has 1 atom stereocenters. The monoisotopic (exact) mass is 322 g/mol. The smallest absolute Gasteiger partial charge is 0.254 e. The zero-order valence-corrected chi connectivity index (χ0v) is 14.3. The number of nitrogens with zero attached hydrogens (tertiary/aromatic N) is 2. The minimum Gasteiger partial charge on any atom is -0.325 e. The van der Waals surface area contributed by atoms with Crippen LogP contribution in [0.25, 0.3) is 0 Å². The van der Waals surface area contributed by atoms with Crippen LogP contribution in [0.3, 0.4) is 0 Å². The zero-order chi connectivity index (χ0) is 17.3. The van der Waals surface area contributed by atoms with Crippen molar-refractivity contribution >= 4 is 17.5 Å². The molecule has 2 aromatic carbocycles. The first kappa shape index (κ1) is 16.2. The summed E-state index contributed by atoms with van der Waals surface area (Å²) in [4.78, 5) is 28.9. The van der Waals surface area contributed by atoms with Crippen LogP contribution in [-0.2, 0) is 4.79 Å². The lowest BCUT2D eigenvalue weighted by Crippen LogP contribution is -2.57. The Labute approximate surface area is 142 Å². The Morgan fingerprint density at radius 2 is 1.71 bits per heavy atom. The number of anilines is 1. The van der Waals surface area contributed by atoms with Gasteiger partial charge < -0.3 is 9.80 Å². The van der Waals surface area contributed by atoms with Crippen LogP contribution in [0.5, 0.6) is 0 Å². The molecule has 1 unspecified atom stereocenters. The average molecular weight is 322 g/mol. The lowest BCUT2D eigenvalue weighted by atomic mass is 10.1. The van der Waals surface area contributed by atoms with Crippen LogP contribution in [0.1, 0.15) is 28.4 Å². The Kier molecular flexibility index (Phi) is 4.38. The van der Waals surface area contributed by atoms with Gasteiger partial charge in [-0.15, -0.1) is 0 Å². The summed E-state index contributed by atoms with van der Waals surface area (Å²) >= 11 is 0. The first-order valence-electron chi connectivity index (χ1n) is 8.23. The van der Waals surface area contributed by atoms with E-state index in [2.05, 4.69) is 0 Å². The van der Waals surface area contributed by atoms with Crippen LogP contribution < -0.4 is 4.90 Å². The van der Waals surface area contributed by atoms with Crippen LogP contribution >= 0.6 is 0 Å². The topological polar surface area (TPSA) is 40.6 Å². The Hall–Kier alpha value is -2.62. The first-order chi connectivity index (χ1) is 11.5. The third-order valence-corrected chi connectivity index (χ3v) is 4.53. The van der Waals surface area contributed by atoms with Gasteiger partial charge in [-0.1, -0.05) is 29.8 Å². The minimum atomic E-state index is -0.465. The molecular formula is C20H22N2O2. The Bertz CT molecular complexity index is 767. The maximum Gasteiger partial charge on any atom is 0.254 e. The zero-order valence-electron chi connectivity index (χ0n) is 14.3. The second-order valence-electron chi connectivity index (χ2n) is 6.37. The molecule has 1 saturated heterocycles. The molecule has 1 aliphatic heterocycles. The predicted octanol–water partition coefficient (Wildman–Crippen LogP) is 3.18. The quantitative estimate of drug-likeness (QED) is 0.852. The number of hydrogen-bond donors (Lipinski definition) is 0.